The average molecular weight is 571 g/mol. The molecule has 0 radical (unpaired) electrons. The zero-order valence-corrected chi connectivity index (χ0v) is 21.6. The Kier molecular flexibility index (Phi) is 9.39. The molecule has 2 aliphatic rings. The van der Waals surface area contributed by atoms with Gasteiger partial charge in [-0.05, 0) is 55.6 Å². The third-order valence-corrected chi connectivity index (χ3v) is 7.19. The normalized spacial score (nSPS) is 21.1. The van der Waals surface area contributed by atoms with Crippen molar-refractivity contribution < 1.29 is 41.4 Å². The summed E-state index contributed by atoms with van der Waals surface area (Å²) in [4.78, 5) is 30.5. The van der Waals surface area contributed by atoms with E-state index >= 15 is 0 Å². The lowest BCUT2D eigenvalue weighted by molar-refractivity contribution is -0.240. The standard InChI is InChI=1S/C27H31F5N4O4/c28-19-7-8-21(29)18(14-19)15-34-16-23-35(12-9-24(37)36(23)22(25(34)38)6-3-11-33)26(39)40-13-10-17-4-1-2-5-20(17)27(30,31)32/h1-2,4-5,7-8,14,22-23,26,39H,3,6,9-13,15-16,33H2/t22?,23-,26?/m1/s1. The van der Waals surface area contributed by atoms with E-state index in [-0.39, 0.29) is 69.1 Å². The molecule has 3 N–H and O–H groups in total. The first kappa shape index (κ1) is 29.8. The van der Waals surface area contributed by atoms with Gasteiger partial charge in [-0.3, -0.25) is 9.59 Å². The molecule has 2 heterocycles. The van der Waals surface area contributed by atoms with Crippen LogP contribution >= 0.6 is 0 Å². The summed E-state index contributed by atoms with van der Waals surface area (Å²) < 4.78 is 73.7. The van der Waals surface area contributed by atoms with Crippen molar-refractivity contribution in [3.05, 3.63) is 70.8 Å². The summed E-state index contributed by atoms with van der Waals surface area (Å²) in [5.74, 6) is -2.15. The molecule has 4 rings (SSSR count). The van der Waals surface area contributed by atoms with E-state index in [1.54, 1.807) is 0 Å². The molecule has 8 nitrogen and oxygen atoms in total. The molecule has 40 heavy (non-hydrogen) atoms. The smallest absolute Gasteiger partial charge is 0.356 e. The van der Waals surface area contributed by atoms with Crippen LogP contribution in [0.1, 0.15) is 36.0 Å². The summed E-state index contributed by atoms with van der Waals surface area (Å²) >= 11 is 0. The van der Waals surface area contributed by atoms with Gasteiger partial charge in [0.1, 0.15) is 23.8 Å². The molecule has 3 atom stereocenters. The average Bonchev–Trinajstić information content (AvgIpc) is 2.90. The van der Waals surface area contributed by atoms with E-state index < -0.39 is 47.9 Å². The second-order valence-corrected chi connectivity index (χ2v) is 9.77. The van der Waals surface area contributed by atoms with Crippen LogP contribution in [-0.2, 0) is 33.5 Å². The minimum Gasteiger partial charge on any atom is -0.356 e. The number of carbonyl (C=O) groups is 2. The van der Waals surface area contributed by atoms with Crippen molar-refractivity contribution in [2.75, 3.05) is 26.2 Å². The monoisotopic (exact) mass is 570 g/mol. The number of aliphatic hydroxyl groups excluding tert-OH is 1. The molecule has 218 valence electrons. The second-order valence-electron chi connectivity index (χ2n) is 9.77. The number of rotatable bonds is 10. The highest BCUT2D eigenvalue weighted by Gasteiger charge is 2.48. The third-order valence-electron chi connectivity index (χ3n) is 7.19. The number of ether oxygens (including phenoxy) is 1. The number of nitrogens with zero attached hydrogens (tertiary/aromatic N) is 3. The number of piperazine rings is 1. The Labute approximate surface area is 228 Å². The Morgan fingerprint density at radius 3 is 2.58 bits per heavy atom. The highest BCUT2D eigenvalue weighted by Crippen LogP contribution is 2.33. The Balaban J connectivity index is 1.52. The summed E-state index contributed by atoms with van der Waals surface area (Å²) in [5, 5.41) is 10.9. The van der Waals surface area contributed by atoms with Gasteiger partial charge in [-0.2, -0.15) is 13.2 Å². The molecule has 2 fully saturated rings. The zero-order chi connectivity index (χ0) is 29.0. The predicted molar refractivity (Wildman–Crippen MR) is 133 cm³/mol. The summed E-state index contributed by atoms with van der Waals surface area (Å²) in [6.45, 7) is -0.334. The van der Waals surface area contributed by atoms with Crippen LogP contribution in [-0.4, -0.2) is 76.5 Å². The van der Waals surface area contributed by atoms with E-state index in [1.165, 1.54) is 32.9 Å². The van der Waals surface area contributed by atoms with Crippen molar-refractivity contribution in [1.29, 1.82) is 0 Å². The molecule has 0 saturated carbocycles. The fourth-order valence-electron chi connectivity index (χ4n) is 5.25. The van der Waals surface area contributed by atoms with Gasteiger partial charge in [-0.15, -0.1) is 0 Å². The topological polar surface area (TPSA) is 99.3 Å². The van der Waals surface area contributed by atoms with Crippen LogP contribution in [0, 0.1) is 11.6 Å². The zero-order valence-electron chi connectivity index (χ0n) is 21.6. The largest absolute Gasteiger partial charge is 0.416 e. The van der Waals surface area contributed by atoms with Gasteiger partial charge >= 0.3 is 6.18 Å². The van der Waals surface area contributed by atoms with Crippen LogP contribution in [0.4, 0.5) is 22.0 Å². The minimum absolute atomic E-state index is 0.00561. The number of alkyl halides is 3. The number of nitrogens with two attached hydrogens (primary N) is 1. The lowest BCUT2D eigenvalue weighted by Gasteiger charge is -2.53. The molecule has 0 aromatic heterocycles. The summed E-state index contributed by atoms with van der Waals surface area (Å²) in [6.07, 6.45) is -6.54. The fourth-order valence-corrected chi connectivity index (χ4v) is 5.25. The van der Waals surface area contributed by atoms with E-state index in [0.717, 1.165) is 24.3 Å². The van der Waals surface area contributed by atoms with Gasteiger partial charge in [-0.1, -0.05) is 18.2 Å². The number of hydrogen-bond acceptors (Lipinski definition) is 6. The first-order valence-electron chi connectivity index (χ1n) is 13.0. The summed E-state index contributed by atoms with van der Waals surface area (Å²) in [7, 11) is 0. The van der Waals surface area contributed by atoms with Crippen LogP contribution in [0.3, 0.4) is 0 Å². The quantitative estimate of drug-likeness (QED) is 0.337. The van der Waals surface area contributed by atoms with Gasteiger partial charge in [0, 0.05) is 25.1 Å². The van der Waals surface area contributed by atoms with Crippen molar-refractivity contribution >= 4 is 11.8 Å². The number of halogens is 5. The minimum atomic E-state index is -4.54. The van der Waals surface area contributed by atoms with Gasteiger partial charge < -0.3 is 25.4 Å². The van der Waals surface area contributed by atoms with Crippen molar-refractivity contribution in [3.63, 3.8) is 0 Å². The SMILES string of the molecule is NCCCC1C(=O)N(Cc2cc(F)ccc2F)C[C@@H]2N(C(O)OCCc3ccccc3C(F)(F)F)CCC(=O)N12. The van der Waals surface area contributed by atoms with E-state index in [0.29, 0.717) is 6.42 Å². The van der Waals surface area contributed by atoms with Crippen molar-refractivity contribution in [3.8, 4) is 0 Å². The Morgan fingerprint density at radius 2 is 1.85 bits per heavy atom. The maximum Gasteiger partial charge on any atom is 0.416 e. The maximum atomic E-state index is 14.4. The van der Waals surface area contributed by atoms with Crippen LogP contribution in [0.25, 0.3) is 0 Å². The molecule has 2 amide bonds. The molecule has 2 aromatic rings. The van der Waals surface area contributed by atoms with Crippen LogP contribution in [0.2, 0.25) is 0 Å². The highest BCUT2D eigenvalue weighted by molar-refractivity contribution is 5.89. The molecular weight excluding hydrogens is 539 g/mol. The van der Waals surface area contributed by atoms with Gasteiger partial charge in [0.05, 0.1) is 18.7 Å². The lowest BCUT2D eigenvalue weighted by Crippen LogP contribution is -2.71. The van der Waals surface area contributed by atoms with Crippen LogP contribution < -0.4 is 5.73 Å². The number of fused-ring (bicyclic) bond motifs is 1. The van der Waals surface area contributed by atoms with Crippen LogP contribution in [0.15, 0.2) is 42.5 Å². The molecule has 2 unspecified atom stereocenters. The molecule has 2 aliphatic heterocycles. The summed E-state index contributed by atoms with van der Waals surface area (Å²) in [6, 6.07) is 7.03. The van der Waals surface area contributed by atoms with E-state index in [9.17, 15) is 36.6 Å². The molecule has 2 aromatic carbocycles. The van der Waals surface area contributed by atoms with Gasteiger partial charge in [0.25, 0.3) is 0 Å². The Bertz CT molecular complexity index is 1210. The van der Waals surface area contributed by atoms with E-state index in [4.69, 9.17) is 10.5 Å². The third kappa shape index (κ3) is 6.60. The van der Waals surface area contributed by atoms with Gasteiger partial charge in [0.2, 0.25) is 18.2 Å². The fraction of sp³-hybridized carbons (Fsp3) is 0.481. The maximum absolute atomic E-state index is 14.4. The number of amides is 2. The molecule has 2 saturated heterocycles. The van der Waals surface area contributed by atoms with Crippen molar-refractivity contribution in [2.45, 2.75) is 57.0 Å². The van der Waals surface area contributed by atoms with Gasteiger partial charge in [0.15, 0.2) is 0 Å². The Morgan fingerprint density at radius 1 is 1.10 bits per heavy atom. The first-order valence-corrected chi connectivity index (χ1v) is 13.0. The van der Waals surface area contributed by atoms with E-state index in [2.05, 4.69) is 0 Å². The molecule has 0 aliphatic carbocycles. The van der Waals surface area contributed by atoms with Crippen LogP contribution in [0.5, 0.6) is 0 Å². The predicted octanol–water partition coefficient (Wildman–Crippen LogP) is 2.83. The number of benzene rings is 2. The van der Waals surface area contributed by atoms with Gasteiger partial charge in [-0.25, -0.2) is 13.7 Å². The molecule has 13 heteroatoms. The summed E-state index contributed by atoms with van der Waals surface area (Å²) in [5.41, 5.74) is 4.81. The molecular formula is C27H31F5N4O4. The first-order chi connectivity index (χ1) is 19.0. The highest BCUT2D eigenvalue weighted by atomic mass is 19.4. The number of aliphatic hydroxyl groups is 1. The number of hydrogen-bond donors (Lipinski definition) is 2. The molecule has 0 spiro atoms. The van der Waals surface area contributed by atoms with Crippen molar-refractivity contribution in [2.24, 2.45) is 5.73 Å². The second kappa shape index (κ2) is 12.6. The van der Waals surface area contributed by atoms with Crippen molar-refractivity contribution in [1.82, 2.24) is 14.7 Å². The lowest BCUT2D eigenvalue weighted by atomic mass is 9.99. The Hall–Kier alpha value is -3.13. The molecule has 0 bridgehead atoms. The van der Waals surface area contributed by atoms with E-state index in [1.807, 2.05) is 0 Å². The number of carbonyl (C=O) groups excluding carboxylic acids is 2.